The molecule has 0 N–H and O–H groups in total. The van der Waals surface area contributed by atoms with Crippen LogP contribution in [0.4, 0.5) is 0 Å². The molecule has 3 heteroatoms. The molecule has 0 fully saturated rings. The molecule has 0 aromatic carbocycles. The van der Waals surface area contributed by atoms with E-state index in [1.807, 2.05) is 12.2 Å². The van der Waals surface area contributed by atoms with Gasteiger partial charge in [-0.2, -0.15) is 0 Å². The molecule has 1 atom stereocenters. The topological polar surface area (TPSA) is 26.3 Å². The first kappa shape index (κ1) is 8.68. The Bertz CT molecular complexity index is 220. The number of carbonyl (C=O) groups is 1. The number of halogens is 1. The number of hydrogen-bond acceptors (Lipinski definition) is 2. The van der Waals surface area contributed by atoms with E-state index < -0.39 is 4.51 Å². The van der Waals surface area contributed by atoms with Crippen LogP contribution in [-0.2, 0) is 9.53 Å². The fourth-order valence-corrected chi connectivity index (χ4v) is 1.37. The zero-order chi connectivity index (χ0) is 8.32. The lowest BCUT2D eigenvalue weighted by atomic mass is 10.0. The summed E-state index contributed by atoms with van der Waals surface area (Å²) < 4.78 is 4.55. The zero-order valence-electron chi connectivity index (χ0n) is 6.21. The van der Waals surface area contributed by atoms with Gasteiger partial charge in [-0.05, 0) is 15.9 Å². The number of methoxy groups -OCH3 is 1. The highest BCUT2D eigenvalue weighted by molar-refractivity contribution is 9.10. The second kappa shape index (κ2) is 3.32. The largest absolute Gasteiger partial charge is 0.362 e. The van der Waals surface area contributed by atoms with Crippen LogP contribution in [0.2, 0.25) is 0 Å². The molecule has 1 unspecified atom stereocenters. The second-order valence-corrected chi connectivity index (χ2v) is 3.59. The maximum absolute atomic E-state index is 10.5. The molecule has 0 spiro atoms. The molecule has 11 heavy (non-hydrogen) atoms. The average molecular weight is 217 g/mol. The number of hydrogen-bond donors (Lipinski definition) is 0. The summed E-state index contributed by atoms with van der Waals surface area (Å²) in [6.07, 6.45) is 7.04. The molecule has 1 aliphatic carbocycles. The Balaban J connectivity index is 2.91. The van der Waals surface area contributed by atoms with Crippen LogP contribution in [0.3, 0.4) is 0 Å². The number of allylic oxidation sites excluding steroid dienone is 2. The van der Waals surface area contributed by atoms with Crippen molar-refractivity contribution in [1.82, 2.24) is 0 Å². The van der Waals surface area contributed by atoms with Crippen molar-refractivity contribution >= 4 is 22.2 Å². The van der Waals surface area contributed by atoms with E-state index in [2.05, 4.69) is 15.9 Å². The molecule has 0 heterocycles. The Morgan fingerprint density at radius 2 is 2.55 bits per heavy atom. The van der Waals surface area contributed by atoms with Crippen LogP contribution in [0, 0.1) is 0 Å². The predicted octanol–water partition coefficient (Wildman–Crippen LogP) is 1.81. The van der Waals surface area contributed by atoms with Gasteiger partial charge in [-0.1, -0.05) is 18.2 Å². The third-order valence-electron chi connectivity index (χ3n) is 1.67. The monoisotopic (exact) mass is 216 g/mol. The lowest BCUT2D eigenvalue weighted by molar-refractivity contribution is -0.106. The maximum atomic E-state index is 10.5. The quantitative estimate of drug-likeness (QED) is 0.520. The molecule has 1 rings (SSSR count). The van der Waals surface area contributed by atoms with Crippen LogP contribution in [0.25, 0.3) is 0 Å². The molecule has 0 aromatic rings. The van der Waals surface area contributed by atoms with Crippen molar-refractivity contribution < 1.29 is 9.53 Å². The first-order chi connectivity index (χ1) is 5.23. The molecule has 0 aliphatic heterocycles. The van der Waals surface area contributed by atoms with Crippen molar-refractivity contribution in [3.8, 4) is 0 Å². The van der Waals surface area contributed by atoms with E-state index in [0.717, 1.165) is 6.29 Å². The number of rotatable bonds is 2. The highest BCUT2D eigenvalue weighted by Crippen LogP contribution is 2.33. The lowest BCUT2D eigenvalue weighted by Crippen LogP contribution is -2.27. The fraction of sp³-hybridized carbons (Fsp3) is 0.375. The molecule has 0 bridgehead atoms. The fourth-order valence-electron chi connectivity index (χ4n) is 0.962. The molecule has 0 aromatic heterocycles. The van der Waals surface area contributed by atoms with Gasteiger partial charge in [-0.15, -0.1) is 0 Å². The summed E-state index contributed by atoms with van der Waals surface area (Å²) in [5.74, 6) is 0. The van der Waals surface area contributed by atoms with Crippen molar-refractivity contribution in [2.75, 3.05) is 7.11 Å². The summed E-state index contributed by atoms with van der Waals surface area (Å²) in [5, 5.41) is 0. The molecular weight excluding hydrogens is 208 g/mol. The maximum Gasteiger partial charge on any atom is 0.154 e. The summed E-state index contributed by atoms with van der Waals surface area (Å²) in [6, 6.07) is 0. The van der Waals surface area contributed by atoms with Crippen LogP contribution in [0.15, 0.2) is 23.8 Å². The third-order valence-corrected chi connectivity index (χ3v) is 2.78. The standard InChI is InChI=1S/C8H9BrO2/c1-11-8(9)5-3-2-4-7(8)6-10/h2-4,6H,5H2,1H3. The Labute approximate surface area is 74.1 Å². The minimum absolute atomic E-state index is 0.594. The van der Waals surface area contributed by atoms with Gasteiger partial charge in [0.05, 0.1) is 0 Å². The summed E-state index contributed by atoms with van der Waals surface area (Å²) in [6.45, 7) is 0. The van der Waals surface area contributed by atoms with Crippen molar-refractivity contribution in [1.29, 1.82) is 0 Å². The highest BCUT2D eigenvalue weighted by Gasteiger charge is 2.30. The second-order valence-electron chi connectivity index (χ2n) is 2.30. The van der Waals surface area contributed by atoms with Gasteiger partial charge in [0.15, 0.2) is 4.51 Å². The Hall–Kier alpha value is -0.410. The van der Waals surface area contributed by atoms with Gasteiger partial charge in [0, 0.05) is 19.1 Å². The van der Waals surface area contributed by atoms with Gasteiger partial charge in [0.25, 0.3) is 0 Å². The third kappa shape index (κ3) is 1.60. The smallest absolute Gasteiger partial charge is 0.154 e. The van der Waals surface area contributed by atoms with Crippen molar-refractivity contribution in [2.24, 2.45) is 0 Å². The highest BCUT2D eigenvalue weighted by atomic mass is 79.9. The number of carbonyl (C=O) groups excluding carboxylic acids is 1. The minimum atomic E-state index is -0.594. The van der Waals surface area contributed by atoms with E-state index >= 15 is 0 Å². The van der Waals surface area contributed by atoms with Gasteiger partial charge >= 0.3 is 0 Å². The summed E-state index contributed by atoms with van der Waals surface area (Å²) in [7, 11) is 1.57. The van der Waals surface area contributed by atoms with Gasteiger partial charge < -0.3 is 4.74 Å². The van der Waals surface area contributed by atoms with Crippen LogP contribution < -0.4 is 0 Å². The molecule has 0 saturated carbocycles. The zero-order valence-corrected chi connectivity index (χ0v) is 7.80. The molecule has 1 aliphatic rings. The van der Waals surface area contributed by atoms with E-state index in [0.29, 0.717) is 12.0 Å². The summed E-state index contributed by atoms with van der Waals surface area (Å²) >= 11 is 3.35. The molecule has 60 valence electrons. The first-order valence-corrected chi connectivity index (χ1v) is 4.09. The van der Waals surface area contributed by atoms with E-state index in [-0.39, 0.29) is 0 Å². The van der Waals surface area contributed by atoms with Gasteiger partial charge in [-0.3, -0.25) is 4.79 Å². The first-order valence-electron chi connectivity index (χ1n) is 3.29. The van der Waals surface area contributed by atoms with Crippen LogP contribution in [0.5, 0.6) is 0 Å². The average Bonchev–Trinajstić information content (AvgIpc) is 2.05. The van der Waals surface area contributed by atoms with Crippen molar-refractivity contribution in [3.63, 3.8) is 0 Å². The van der Waals surface area contributed by atoms with E-state index in [4.69, 9.17) is 4.74 Å². The molecule has 0 saturated heterocycles. The SMILES string of the molecule is COC1(Br)CC=CC=C1C=O. The lowest BCUT2D eigenvalue weighted by Gasteiger charge is -2.26. The van der Waals surface area contributed by atoms with Crippen molar-refractivity contribution in [3.05, 3.63) is 23.8 Å². The number of alkyl halides is 1. The number of aldehydes is 1. The molecule has 2 nitrogen and oxygen atoms in total. The summed E-state index contributed by atoms with van der Waals surface area (Å²) in [5.41, 5.74) is 0.627. The van der Waals surface area contributed by atoms with E-state index in [1.54, 1.807) is 13.2 Å². The molecule has 0 radical (unpaired) electrons. The van der Waals surface area contributed by atoms with E-state index in [9.17, 15) is 4.79 Å². The van der Waals surface area contributed by atoms with Gasteiger partial charge in [0.2, 0.25) is 0 Å². The van der Waals surface area contributed by atoms with E-state index in [1.165, 1.54) is 0 Å². The summed E-state index contributed by atoms with van der Waals surface area (Å²) in [4.78, 5) is 10.5. The number of ether oxygens (including phenoxy) is 1. The Kier molecular flexibility index (Phi) is 2.62. The minimum Gasteiger partial charge on any atom is -0.362 e. The Morgan fingerprint density at radius 1 is 1.82 bits per heavy atom. The predicted molar refractivity (Wildman–Crippen MR) is 46.6 cm³/mol. The van der Waals surface area contributed by atoms with Gasteiger partial charge in [0.1, 0.15) is 6.29 Å². The Morgan fingerprint density at radius 3 is 3.00 bits per heavy atom. The molecule has 0 amide bonds. The van der Waals surface area contributed by atoms with Crippen LogP contribution in [0.1, 0.15) is 6.42 Å². The van der Waals surface area contributed by atoms with Gasteiger partial charge in [-0.25, -0.2) is 0 Å². The molecular formula is C8H9BrO2. The van der Waals surface area contributed by atoms with Crippen molar-refractivity contribution in [2.45, 2.75) is 10.9 Å². The van der Waals surface area contributed by atoms with Crippen LogP contribution >= 0.6 is 15.9 Å². The van der Waals surface area contributed by atoms with Crippen LogP contribution in [-0.4, -0.2) is 17.9 Å². The normalized spacial score (nSPS) is 29.8.